The van der Waals surface area contributed by atoms with E-state index in [1.54, 1.807) is 0 Å². The molecule has 1 aromatic rings. The molecule has 112 valence electrons. The molecular weight excluding hydrogens is 250 g/mol. The van der Waals surface area contributed by atoms with Gasteiger partial charge in [-0.1, -0.05) is 27.7 Å². The Morgan fingerprint density at radius 3 is 2.55 bits per heavy atom. The van der Waals surface area contributed by atoms with Crippen LogP contribution in [0.2, 0.25) is 0 Å². The van der Waals surface area contributed by atoms with Gasteiger partial charge in [-0.15, -0.1) is 0 Å². The van der Waals surface area contributed by atoms with Crippen LogP contribution in [0.4, 0.5) is 11.6 Å². The molecule has 20 heavy (non-hydrogen) atoms. The maximum Gasteiger partial charge on any atom is 0.145 e. The number of aromatic nitrogens is 2. The summed E-state index contributed by atoms with van der Waals surface area (Å²) in [5.41, 5.74) is 3.10. The average Bonchev–Trinajstić information content (AvgIpc) is 2.92. The van der Waals surface area contributed by atoms with Gasteiger partial charge in [0.25, 0.3) is 0 Å². The van der Waals surface area contributed by atoms with Crippen molar-refractivity contribution < 1.29 is 0 Å². The Kier molecular flexibility index (Phi) is 4.48. The standard InChI is InChI=1S/C15H27N5/c1-5-15(6-2)7-8-20(10-15)13-9-12(19-16)17-14(18-13)11(3)4/h9,11H,5-8,10,16H2,1-4H3,(H,17,18,19). The summed E-state index contributed by atoms with van der Waals surface area (Å²) in [5, 5.41) is 0. The number of nitrogens with two attached hydrogens (primary N) is 1. The lowest BCUT2D eigenvalue weighted by Crippen LogP contribution is -2.27. The van der Waals surface area contributed by atoms with Gasteiger partial charge in [0.05, 0.1) is 0 Å². The van der Waals surface area contributed by atoms with Gasteiger partial charge in [-0.25, -0.2) is 15.8 Å². The van der Waals surface area contributed by atoms with Gasteiger partial charge in [-0.2, -0.15) is 0 Å². The topological polar surface area (TPSA) is 67.1 Å². The maximum absolute atomic E-state index is 5.53. The molecule has 0 unspecified atom stereocenters. The molecule has 5 heteroatoms. The fraction of sp³-hybridized carbons (Fsp3) is 0.733. The minimum atomic E-state index is 0.298. The quantitative estimate of drug-likeness (QED) is 0.640. The van der Waals surface area contributed by atoms with Crippen molar-refractivity contribution in [1.29, 1.82) is 0 Å². The van der Waals surface area contributed by atoms with Gasteiger partial charge in [0.15, 0.2) is 0 Å². The lowest BCUT2D eigenvalue weighted by atomic mass is 9.82. The minimum Gasteiger partial charge on any atom is -0.356 e. The predicted octanol–water partition coefficient (Wildman–Crippen LogP) is 2.90. The van der Waals surface area contributed by atoms with Gasteiger partial charge >= 0.3 is 0 Å². The van der Waals surface area contributed by atoms with E-state index in [2.05, 4.69) is 43.0 Å². The Bertz CT molecular complexity index is 454. The number of rotatable bonds is 5. The van der Waals surface area contributed by atoms with Crippen LogP contribution in [0, 0.1) is 5.41 Å². The molecule has 2 heterocycles. The predicted molar refractivity (Wildman–Crippen MR) is 83.8 cm³/mol. The molecule has 0 aromatic carbocycles. The Labute approximate surface area is 121 Å². The van der Waals surface area contributed by atoms with Crippen LogP contribution in [-0.4, -0.2) is 23.1 Å². The molecule has 0 radical (unpaired) electrons. The summed E-state index contributed by atoms with van der Waals surface area (Å²) in [4.78, 5) is 11.5. The van der Waals surface area contributed by atoms with Crippen molar-refractivity contribution in [1.82, 2.24) is 9.97 Å². The van der Waals surface area contributed by atoms with E-state index in [4.69, 9.17) is 10.8 Å². The Morgan fingerprint density at radius 2 is 2.05 bits per heavy atom. The average molecular weight is 277 g/mol. The van der Waals surface area contributed by atoms with Crippen molar-refractivity contribution in [3.8, 4) is 0 Å². The minimum absolute atomic E-state index is 0.298. The van der Waals surface area contributed by atoms with E-state index in [0.717, 1.165) is 24.7 Å². The first kappa shape index (κ1) is 15.0. The largest absolute Gasteiger partial charge is 0.356 e. The van der Waals surface area contributed by atoms with Crippen LogP contribution in [0.15, 0.2) is 6.07 Å². The first-order chi connectivity index (χ1) is 9.53. The van der Waals surface area contributed by atoms with Gasteiger partial charge in [0.1, 0.15) is 17.5 Å². The van der Waals surface area contributed by atoms with Crippen molar-refractivity contribution in [3.63, 3.8) is 0 Å². The second-order valence-corrected chi connectivity index (χ2v) is 6.15. The normalized spacial score (nSPS) is 17.8. The summed E-state index contributed by atoms with van der Waals surface area (Å²) in [5.74, 6) is 8.38. The monoisotopic (exact) mass is 277 g/mol. The van der Waals surface area contributed by atoms with Crippen LogP contribution >= 0.6 is 0 Å². The summed E-state index contributed by atoms with van der Waals surface area (Å²) in [7, 11) is 0. The SMILES string of the molecule is CCC1(CC)CCN(c2cc(NN)nc(C(C)C)n2)C1. The number of hydrogen-bond acceptors (Lipinski definition) is 5. The molecule has 5 nitrogen and oxygen atoms in total. The molecule has 0 saturated carbocycles. The van der Waals surface area contributed by atoms with Crippen LogP contribution in [0.3, 0.4) is 0 Å². The number of nitrogens with zero attached hydrogens (tertiary/aromatic N) is 3. The highest BCUT2D eigenvalue weighted by atomic mass is 15.3. The lowest BCUT2D eigenvalue weighted by molar-refractivity contribution is 0.301. The molecule has 1 aromatic heterocycles. The molecule has 0 amide bonds. The van der Waals surface area contributed by atoms with Crippen molar-refractivity contribution in [2.45, 2.75) is 52.9 Å². The van der Waals surface area contributed by atoms with E-state index < -0.39 is 0 Å². The van der Waals surface area contributed by atoms with Crippen LogP contribution in [-0.2, 0) is 0 Å². The molecule has 1 saturated heterocycles. The van der Waals surface area contributed by atoms with Crippen LogP contribution in [0.25, 0.3) is 0 Å². The zero-order valence-electron chi connectivity index (χ0n) is 13.1. The second-order valence-electron chi connectivity index (χ2n) is 6.15. The third kappa shape index (κ3) is 2.87. The first-order valence-corrected chi connectivity index (χ1v) is 7.64. The number of hydrogen-bond donors (Lipinski definition) is 2. The van der Waals surface area contributed by atoms with E-state index in [-0.39, 0.29) is 0 Å². The molecule has 0 spiro atoms. The van der Waals surface area contributed by atoms with E-state index in [9.17, 15) is 0 Å². The van der Waals surface area contributed by atoms with Crippen molar-refractivity contribution in [3.05, 3.63) is 11.9 Å². The highest BCUT2D eigenvalue weighted by molar-refractivity contribution is 5.50. The molecule has 0 atom stereocenters. The van der Waals surface area contributed by atoms with Gasteiger partial charge in [0.2, 0.25) is 0 Å². The van der Waals surface area contributed by atoms with Crippen LogP contribution in [0.1, 0.15) is 58.7 Å². The Morgan fingerprint density at radius 1 is 1.35 bits per heavy atom. The molecule has 1 aliphatic heterocycles. The summed E-state index contributed by atoms with van der Waals surface area (Å²) in [6.07, 6.45) is 3.70. The van der Waals surface area contributed by atoms with E-state index in [1.165, 1.54) is 19.3 Å². The zero-order valence-corrected chi connectivity index (χ0v) is 13.1. The number of nitrogens with one attached hydrogen (secondary N) is 1. The van der Waals surface area contributed by atoms with Crippen molar-refractivity contribution in [2.24, 2.45) is 11.3 Å². The third-order valence-electron chi connectivity index (χ3n) is 4.66. The smallest absolute Gasteiger partial charge is 0.145 e. The highest BCUT2D eigenvalue weighted by Gasteiger charge is 2.35. The first-order valence-electron chi connectivity index (χ1n) is 7.64. The molecule has 1 aliphatic rings. The lowest BCUT2D eigenvalue weighted by Gasteiger charge is -2.27. The molecule has 1 fully saturated rings. The van der Waals surface area contributed by atoms with Crippen molar-refractivity contribution >= 4 is 11.6 Å². The fourth-order valence-electron chi connectivity index (χ4n) is 2.90. The Hall–Kier alpha value is -1.36. The zero-order chi connectivity index (χ0) is 14.8. The molecule has 3 N–H and O–H groups in total. The van der Waals surface area contributed by atoms with Gasteiger partial charge in [0, 0.05) is 25.1 Å². The summed E-state index contributed by atoms with van der Waals surface area (Å²) < 4.78 is 0. The molecule has 2 rings (SSSR count). The van der Waals surface area contributed by atoms with Gasteiger partial charge < -0.3 is 10.3 Å². The second kappa shape index (κ2) is 5.95. The van der Waals surface area contributed by atoms with Gasteiger partial charge in [-0.05, 0) is 24.7 Å². The molecule has 0 aliphatic carbocycles. The maximum atomic E-state index is 5.53. The number of anilines is 2. The summed E-state index contributed by atoms with van der Waals surface area (Å²) in [6, 6.07) is 1.95. The Balaban J connectivity index is 2.27. The summed E-state index contributed by atoms with van der Waals surface area (Å²) >= 11 is 0. The molecular formula is C15H27N5. The molecule has 0 bridgehead atoms. The highest BCUT2D eigenvalue weighted by Crippen LogP contribution is 2.38. The van der Waals surface area contributed by atoms with E-state index >= 15 is 0 Å². The fourth-order valence-corrected chi connectivity index (χ4v) is 2.90. The van der Waals surface area contributed by atoms with E-state index in [0.29, 0.717) is 17.2 Å². The van der Waals surface area contributed by atoms with Gasteiger partial charge in [-0.3, -0.25) is 0 Å². The van der Waals surface area contributed by atoms with Crippen molar-refractivity contribution in [2.75, 3.05) is 23.4 Å². The van der Waals surface area contributed by atoms with E-state index in [1.807, 2.05) is 6.07 Å². The summed E-state index contributed by atoms with van der Waals surface area (Å²) in [6.45, 7) is 10.9. The van der Waals surface area contributed by atoms with Crippen LogP contribution < -0.4 is 16.2 Å². The number of hydrazine groups is 1. The number of nitrogen functional groups attached to an aromatic ring is 1. The van der Waals surface area contributed by atoms with Crippen LogP contribution in [0.5, 0.6) is 0 Å². The third-order valence-corrected chi connectivity index (χ3v) is 4.66.